The normalized spacial score (nSPS) is 11.8. The Bertz CT molecular complexity index is 1290. The lowest BCUT2D eigenvalue weighted by atomic mass is 10.2. The van der Waals surface area contributed by atoms with Crippen LogP contribution in [-0.4, -0.2) is 24.0 Å². The second-order valence-electron chi connectivity index (χ2n) is 7.71. The van der Waals surface area contributed by atoms with E-state index in [1.54, 1.807) is 80.6 Å². The lowest BCUT2D eigenvalue weighted by Gasteiger charge is -2.16. The number of carbonyl (C=O) groups excluding carboxylic acids is 2. The van der Waals surface area contributed by atoms with Gasteiger partial charge in [-0.3, -0.25) is 9.59 Å². The zero-order chi connectivity index (χ0) is 25.2. The number of hydrogen-bond acceptors (Lipinski definition) is 6. The van der Waals surface area contributed by atoms with E-state index < -0.39 is 12.2 Å². The zero-order valence-corrected chi connectivity index (χ0v) is 19.3. The van der Waals surface area contributed by atoms with Crippen LogP contribution < -0.4 is 20.1 Å². The largest absolute Gasteiger partial charge is 0.481 e. The maximum atomic E-state index is 12.5. The summed E-state index contributed by atoms with van der Waals surface area (Å²) in [7, 11) is 0. The van der Waals surface area contributed by atoms with E-state index in [4.69, 9.17) is 20.0 Å². The van der Waals surface area contributed by atoms with Crippen LogP contribution in [0.1, 0.15) is 30.5 Å². The Morgan fingerprint density at radius 2 is 1.34 bits per heavy atom. The van der Waals surface area contributed by atoms with E-state index in [2.05, 4.69) is 10.6 Å². The first-order valence-electron chi connectivity index (χ1n) is 10.9. The molecule has 8 nitrogen and oxygen atoms in total. The number of amides is 2. The summed E-state index contributed by atoms with van der Waals surface area (Å²) in [6.45, 7) is 3.48. The predicted molar refractivity (Wildman–Crippen MR) is 129 cm³/mol. The van der Waals surface area contributed by atoms with Gasteiger partial charge in [0.2, 0.25) is 0 Å². The Balaban J connectivity index is 1.52. The quantitative estimate of drug-likeness (QED) is 0.490. The fourth-order valence-electron chi connectivity index (χ4n) is 3.13. The van der Waals surface area contributed by atoms with Crippen LogP contribution in [0.25, 0.3) is 0 Å². The minimum atomic E-state index is -0.787. The van der Waals surface area contributed by atoms with Crippen molar-refractivity contribution in [3.8, 4) is 23.6 Å². The standard InChI is InChI=1S/C27H24N4O4/c1-18(34-24-10-4-6-20(13-24)15-28)26(32)30-17-22-8-3-9-23(12-22)31-27(33)19(2)35-25-11-5-7-21(14-25)16-29/h3-14,18-19H,17H2,1-2H3,(H,30,32)(H,31,33). The molecule has 0 saturated heterocycles. The molecule has 0 bridgehead atoms. The summed E-state index contributed by atoms with van der Waals surface area (Å²) in [5.74, 6) is 0.199. The van der Waals surface area contributed by atoms with Crippen molar-refractivity contribution in [3.05, 3.63) is 89.5 Å². The van der Waals surface area contributed by atoms with Crippen molar-refractivity contribution in [3.63, 3.8) is 0 Å². The Morgan fingerprint density at radius 1 is 0.800 bits per heavy atom. The van der Waals surface area contributed by atoms with Crippen LogP contribution in [0.4, 0.5) is 5.69 Å². The number of benzene rings is 3. The van der Waals surface area contributed by atoms with E-state index in [1.807, 2.05) is 18.2 Å². The van der Waals surface area contributed by atoms with Crippen molar-refractivity contribution in [1.82, 2.24) is 5.32 Å². The van der Waals surface area contributed by atoms with E-state index in [0.29, 0.717) is 28.3 Å². The zero-order valence-electron chi connectivity index (χ0n) is 19.3. The lowest BCUT2D eigenvalue weighted by molar-refractivity contribution is -0.127. The molecule has 0 heterocycles. The second kappa shape index (κ2) is 11.9. The summed E-state index contributed by atoms with van der Waals surface area (Å²) < 4.78 is 11.3. The predicted octanol–water partition coefficient (Wildman–Crippen LogP) is 3.92. The average Bonchev–Trinajstić information content (AvgIpc) is 2.87. The van der Waals surface area contributed by atoms with Crippen molar-refractivity contribution in [2.75, 3.05) is 5.32 Å². The topological polar surface area (TPSA) is 124 Å². The third kappa shape index (κ3) is 7.34. The van der Waals surface area contributed by atoms with Crippen LogP contribution in [0, 0.1) is 22.7 Å². The molecule has 0 saturated carbocycles. The summed E-state index contributed by atoms with van der Waals surface area (Å²) >= 11 is 0. The highest BCUT2D eigenvalue weighted by molar-refractivity contribution is 5.94. The highest BCUT2D eigenvalue weighted by Gasteiger charge is 2.17. The van der Waals surface area contributed by atoms with Gasteiger partial charge in [-0.15, -0.1) is 0 Å². The summed E-state index contributed by atoms with van der Waals surface area (Å²) in [6.07, 6.45) is -1.55. The van der Waals surface area contributed by atoms with E-state index in [1.165, 1.54) is 0 Å². The molecule has 0 fully saturated rings. The van der Waals surface area contributed by atoms with Gasteiger partial charge < -0.3 is 20.1 Å². The molecule has 0 aromatic heterocycles. The average molecular weight is 469 g/mol. The van der Waals surface area contributed by atoms with E-state index in [0.717, 1.165) is 5.56 Å². The van der Waals surface area contributed by atoms with Crippen LogP contribution in [-0.2, 0) is 16.1 Å². The van der Waals surface area contributed by atoms with Crippen molar-refractivity contribution in [1.29, 1.82) is 10.5 Å². The Morgan fingerprint density at radius 3 is 1.91 bits per heavy atom. The molecule has 3 rings (SSSR count). The monoisotopic (exact) mass is 468 g/mol. The maximum absolute atomic E-state index is 12.5. The first kappa shape index (κ1) is 24.8. The molecule has 35 heavy (non-hydrogen) atoms. The van der Waals surface area contributed by atoms with Crippen molar-refractivity contribution in [2.45, 2.75) is 32.6 Å². The summed E-state index contributed by atoms with van der Waals surface area (Å²) in [4.78, 5) is 25.0. The van der Waals surface area contributed by atoms with E-state index >= 15 is 0 Å². The fraction of sp³-hybridized carbons (Fsp3) is 0.185. The number of nitrogens with one attached hydrogen (secondary N) is 2. The molecule has 0 radical (unpaired) electrons. The Labute approximate surface area is 203 Å². The van der Waals surface area contributed by atoms with Gasteiger partial charge in [-0.1, -0.05) is 24.3 Å². The SMILES string of the molecule is CC(Oc1cccc(C#N)c1)C(=O)NCc1cccc(NC(=O)C(C)Oc2cccc(C#N)c2)c1. The highest BCUT2D eigenvalue weighted by atomic mass is 16.5. The molecule has 0 spiro atoms. The molecule has 2 amide bonds. The van der Waals surface area contributed by atoms with Crippen LogP contribution in [0.15, 0.2) is 72.8 Å². The molecule has 2 atom stereocenters. The van der Waals surface area contributed by atoms with Gasteiger partial charge in [0.25, 0.3) is 11.8 Å². The third-order valence-electron chi connectivity index (χ3n) is 4.95. The van der Waals surface area contributed by atoms with Gasteiger partial charge in [-0.2, -0.15) is 10.5 Å². The number of nitriles is 2. The van der Waals surface area contributed by atoms with Crippen molar-refractivity contribution in [2.24, 2.45) is 0 Å². The molecular formula is C27H24N4O4. The number of hydrogen-bond donors (Lipinski definition) is 2. The molecule has 176 valence electrons. The van der Waals surface area contributed by atoms with Gasteiger partial charge in [0.15, 0.2) is 12.2 Å². The number of carbonyl (C=O) groups is 2. The molecule has 2 N–H and O–H groups in total. The van der Waals surface area contributed by atoms with Crippen molar-refractivity contribution < 1.29 is 19.1 Å². The molecule has 0 aliphatic rings. The Hall–Kier alpha value is -4.82. The lowest BCUT2D eigenvalue weighted by Crippen LogP contribution is -2.36. The third-order valence-corrected chi connectivity index (χ3v) is 4.95. The molecule has 0 aliphatic carbocycles. The highest BCUT2D eigenvalue weighted by Crippen LogP contribution is 2.17. The summed E-state index contributed by atoms with van der Waals surface area (Å²) in [5.41, 5.74) is 2.23. The smallest absolute Gasteiger partial charge is 0.265 e. The van der Waals surface area contributed by atoms with Crippen LogP contribution in [0.5, 0.6) is 11.5 Å². The molecule has 8 heteroatoms. The molecule has 0 aliphatic heterocycles. The first-order valence-corrected chi connectivity index (χ1v) is 10.9. The van der Waals surface area contributed by atoms with Gasteiger partial charge in [-0.05, 0) is 67.9 Å². The number of ether oxygens (including phenoxy) is 2. The second-order valence-corrected chi connectivity index (χ2v) is 7.71. The van der Waals surface area contributed by atoms with E-state index in [9.17, 15) is 9.59 Å². The van der Waals surface area contributed by atoms with Crippen LogP contribution in [0.2, 0.25) is 0 Å². The van der Waals surface area contributed by atoms with Gasteiger partial charge in [0.1, 0.15) is 11.5 Å². The maximum Gasteiger partial charge on any atom is 0.265 e. The van der Waals surface area contributed by atoms with Crippen LogP contribution in [0.3, 0.4) is 0 Å². The van der Waals surface area contributed by atoms with Crippen molar-refractivity contribution >= 4 is 17.5 Å². The molecule has 3 aromatic carbocycles. The minimum Gasteiger partial charge on any atom is -0.481 e. The number of rotatable bonds is 9. The number of anilines is 1. The Kier molecular flexibility index (Phi) is 8.42. The van der Waals surface area contributed by atoms with Gasteiger partial charge >= 0.3 is 0 Å². The molecular weight excluding hydrogens is 444 g/mol. The summed E-state index contributed by atoms with van der Waals surface area (Å²) in [6, 6.07) is 24.3. The van der Waals surface area contributed by atoms with E-state index in [-0.39, 0.29) is 18.4 Å². The summed E-state index contributed by atoms with van der Waals surface area (Å²) in [5, 5.41) is 23.6. The number of nitrogens with zero attached hydrogens (tertiary/aromatic N) is 2. The molecule has 2 unspecified atom stereocenters. The fourth-order valence-corrected chi connectivity index (χ4v) is 3.13. The molecule has 3 aromatic rings. The van der Waals surface area contributed by atoms with Gasteiger partial charge in [0.05, 0.1) is 23.3 Å². The van der Waals surface area contributed by atoms with Gasteiger partial charge in [-0.25, -0.2) is 0 Å². The van der Waals surface area contributed by atoms with Crippen LogP contribution >= 0.6 is 0 Å². The van der Waals surface area contributed by atoms with Gasteiger partial charge in [0, 0.05) is 12.2 Å². The minimum absolute atomic E-state index is 0.238. The first-order chi connectivity index (χ1) is 16.9.